The van der Waals surface area contributed by atoms with Crippen LogP contribution in [0, 0.1) is 6.92 Å². The standard InChI is InChI=1S/C17H25N5O2/c1-14-18-19-20-22(14)8-4-7-21-9-10-24-17(13-21)12-15-5-3-6-16(11-15)23-2/h3,5-6,11,17H,4,7-10,12-13H2,1-2H3. The molecule has 1 aliphatic heterocycles. The van der Waals surface area contributed by atoms with Crippen LogP contribution in [0.2, 0.25) is 0 Å². The van der Waals surface area contributed by atoms with Gasteiger partial charge in [0.05, 0.1) is 19.8 Å². The summed E-state index contributed by atoms with van der Waals surface area (Å²) in [6.07, 6.45) is 2.19. The Morgan fingerprint density at radius 2 is 2.25 bits per heavy atom. The van der Waals surface area contributed by atoms with Crippen molar-refractivity contribution in [3.63, 3.8) is 0 Å². The zero-order valence-corrected chi connectivity index (χ0v) is 14.4. The van der Waals surface area contributed by atoms with Crippen LogP contribution in [0.4, 0.5) is 0 Å². The minimum absolute atomic E-state index is 0.237. The van der Waals surface area contributed by atoms with Crippen LogP contribution >= 0.6 is 0 Å². The maximum atomic E-state index is 5.94. The summed E-state index contributed by atoms with van der Waals surface area (Å²) in [5.74, 6) is 1.77. The predicted molar refractivity (Wildman–Crippen MR) is 90.0 cm³/mol. The second-order valence-corrected chi connectivity index (χ2v) is 6.15. The van der Waals surface area contributed by atoms with E-state index < -0.39 is 0 Å². The van der Waals surface area contributed by atoms with Crippen molar-refractivity contribution >= 4 is 0 Å². The first-order valence-electron chi connectivity index (χ1n) is 8.44. The van der Waals surface area contributed by atoms with Crippen LogP contribution < -0.4 is 4.74 Å². The molecule has 1 aromatic carbocycles. The number of aryl methyl sites for hydroxylation is 2. The molecule has 1 fully saturated rings. The molecule has 3 rings (SSSR count). The van der Waals surface area contributed by atoms with E-state index in [1.54, 1.807) is 7.11 Å². The molecule has 0 aliphatic carbocycles. The van der Waals surface area contributed by atoms with Gasteiger partial charge >= 0.3 is 0 Å². The fourth-order valence-corrected chi connectivity index (χ4v) is 3.07. The van der Waals surface area contributed by atoms with E-state index in [1.165, 1.54) is 5.56 Å². The lowest BCUT2D eigenvalue weighted by molar-refractivity contribution is -0.0281. The summed E-state index contributed by atoms with van der Waals surface area (Å²) in [6, 6.07) is 8.22. The second kappa shape index (κ2) is 8.21. The van der Waals surface area contributed by atoms with Gasteiger partial charge in [-0.3, -0.25) is 4.90 Å². The lowest BCUT2D eigenvalue weighted by Crippen LogP contribution is -2.43. The molecule has 2 heterocycles. The molecule has 1 aliphatic rings. The van der Waals surface area contributed by atoms with E-state index in [0.29, 0.717) is 0 Å². The third-order valence-corrected chi connectivity index (χ3v) is 4.38. The molecule has 7 heteroatoms. The van der Waals surface area contributed by atoms with Crippen LogP contribution in [0.25, 0.3) is 0 Å². The number of benzene rings is 1. The highest BCUT2D eigenvalue weighted by molar-refractivity contribution is 5.28. The number of hydrogen-bond acceptors (Lipinski definition) is 6. The second-order valence-electron chi connectivity index (χ2n) is 6.15. The summed E-state index contributed by atoms with van der Waals surface area (Å²) in [4.78, 5) is 2.47. The van der Waals surface area contributed by atoms with Crippen LogP contribution in [-0.4, -0.2) is 64.6 Å². The number of nitrogens with zero attached hydrogens (tertiary/aromatic N) is 5. The third-order valence-electron chi connectivity index (χ3n) is 4.38. The van der Waals surface area contributed by atoms with Crippen LogP contribution in [-0.2, 0) is 17.7 Å². The van der Waals surface area contributed by atoms with E-state index in [1.807, 2.05) is 23.7 Å². The number of hydrogen-bond donors (Lipinski definition) is 0. The molecule has 1 saturated heterocycles. The quantitative estimate of drug-likeness (QED) is 0.762. The van der Waals surface area contributed by atoms with Crippen LogP contribution in [0.15, 0.2) is 24.3 Å². The minimum atomic E-state index is 0.237. The molecule has 1 unspecified atom stereocenters. The average Bonchev–Trinajstić information content (AvgIpc) is 3.01. The molecule has 0 radical (unpaired) electrons. The van der Waals surface area contributed by atoms with Crippen molar-refractivity contribution in [3.8, 4) is 5.75 Å². The molecule has 130 valence electrons. The molecular weight excluding hydrogens is 306 g/mol. The average molecular weight is 331 g/mol. The fraction of sp³-hybridized carbons (Fsp3) is 0.588. The van der Waals surface area contributed by atoms with Gasteiger partial charge in [0.2, 0.25) is 0 Å². The number of rotatable bonds is 7. The van der Waals surface area contributed by atoms with Crippen LogP contribution in [0.3, 0.4) is 0 Å². The molecule has 2 aromatic rings. The van der Waals surface area contributed by atoms with Crippen molar-refractivity contribution in [2.75, 3.05) is 33.4 Å². The summed E-state index contributed by atoms with van der Waals surface area (Å²) in [7, 11) is 1.70. The number of ether oxygens (including phenoxy) is 2. The Morgan fingerprint density at radius 1 is 1.33 bits per heavy atom. The van der Waals surface area contributed by atoms with Gasteiger partial charge in [0.15, 0.2) is 0 Å². The number of methoxy groups -OCH3 is 1. The van der Waals surface area contributed by atoms with Crippen molar-refractivity contribution in [1.82, 2.24) is 25.1 Å². The van der Waals surface area contributed by atoms with Gasteiger partial charge in [0.1, 0.15) is 11.6 Å². The van der Waals surface area contributed by atoms with Gasteiger partial charge in [-0.15, -0.1) is 5.10 Å². The van der Waals surface area contributed by atoms with Gasteiger partial charge < -0.3 is 9.47 Å². The van der Waals surface area contributed by atoms with E-state index in [2.05, 4.69) is 32.6 Å². The van der Waals surface area contributed by atoms with E-state index in [9.17, 15) is 0 Å². The van der Waals surface area contributed by atoms with Gasteiger partial charge in [-0.25, -0.2) is 4.68 Å². The molecular formula is C17H25N5O2. The smallest absolute Gasteiger partial charge is 0.148 e. The maximum Gasteiger partial charge on any atom is 0.148 e. The van der Waals surface area contributed by atoms with Crippen molar-refractivity contribution in [1.29, 1.82) is 0 Å². The first kappa shape index (κ1) is 16.9. The molecule has 0 spiro atoms. The number of tetrazole rings is 1. The topological polar surface area (TPSA) is 65.3 Å². The van der Waals surface area contributed by atoms with E-state index >= 15 is 0 Å². The summed E-state index contributed by atoms with van der Waals surface area (Å²) in [5.41, 5.74) is 1.26. The third kappa shape index (κ3) is 4.52. The molecule has 0 N–H and O–H groups in total. The number of morpholine rings is 1. The highest BCUT2D eigenvalue weighted by Crippen LogP contribution is 2.17. The van der Waals surface area contributed by atoms with Gasteiger partial charge in [0.25, 0.3) is 0 Å². The summed E-state index contributed by atoms with van der Waals surface area (Å²) in [5, 5.41) is 11.6. The van der Waals surface area contributed by atoms with Gasteiger partial charge in [-0.05, 0) is 41.5 Å². The predicted octanol–water partition coefficient (Wildman–Crippen LogP) is 1.32. The molecule has 0 amide bonds. The Balaban J connectivity index is 1.46. The highest BCUT2D eigenvalue weighted by atomic mass is 16.5. The van der Waals surface area contributed by atoms with E-state index in [4.69, 9.17) is 9.47 Å². The Morgan fingerprint density at radius 3 is 3.04 bits per heavy atom. The maximum absolute atomic E-state index is 5.94. The largest absolute Gasteiger partial charge is 0.497 e. The minimum Gasteiger partial charge on any atom is -0.497 e. The molecule has 1 aromatic heterocycles. The Labute approximate surface area is 142 Å². The fourth-order valence-electron chi connectivity index (χ4n) is 3.07. The number of aromatic nitrogens is 4. The Hall–Kier alpha value is -1.99. The van der Waals surface area contributed by atoms with Gasteiger partial charge in [-0.2, -0.15) is 0 Å². The van der Waals surface area contributed by atoms with Crippen LogP contribution in [0.1, 0.15) is 17.8 Å². The lowest BCUT2D eigenvalue weighted by Gasteiger charge is -2.33. The molecule has 24 heavy (non-hydrogen) atoms. The Bertz CT molecular complexity index is 645. The Kier molecular flexibility index (Phi) is 5.77. The van der Waals surface area contributed by atoms with Crippen molar-refractivity contribution in [2.24, 2.45) is 0 Å². The first-order valence-corrected chi connectivity index (χ1v) is 8.44. The zero-order valence-electron chi connectivity index (χ0n) is 14.4. The summed E-state index contributed by atoms with van der Waals surface area (Å²) >= 11 is 0. The first-order chi connectivity index (χ1) is 11.7. The van der Waals surface area contributed by atoms with Crippen LogP contribution in [0.5, 0.6) is 5.75 Å². The van der Waals surface area contributed by atoms with E-state index in [-0.39, 0.29) is 6.10 Å². The zero-order chi connectivity index (χ0) is 16.8. The van der Waals surface area contributed by atoms with Crippen molar-refractivity contribution in [2.45, 2.75) is 32.4 Å². The molecule has 7 nitrogen and oxygen atoms in total. The molecule has 1 atom stereocenters. The van der Waals surface area contributed by atoms with Crippen molar-refractivity contribution < 1.29 is 9.47 Å². The normalized spacial score (nSPS) is 18.7. The van der Waals surface area contributed by atoms with Crippen molar-refractivity contribution in [3.05, 3.63) is 35.7 Å². The van der Waals surface area contributed by atoms with Gasteiger partial charge in [0, 0.05) is 32.6 Å². The molecule has 0 saturated carbocycles. The summed E-state index contributed by atoms with van der Waals surface area (Å²) < 4.78 is 13.1. The lowest BCUT2D eigenvalue weighted by atomic mass is 10.1. The SMILES string of the molecule is COc1cccc(CC2CN(CCCn3nnnc3C)CCO2)c1. The highest BCUT2D eigenvalue weighted by Gasteiger charge is 2.20. The monoisotopic (exact) mass is 331 g/mol. The summed E-state index contributed by atoms with van der Waals surface area (Å²) in [6.45, 7) is 6.57. The van der Waals surface area contributed by atoms with E-state index in [0.717, 1.165) is 57.2 Å². The van der Waals surface area contributed by atoms with Gasteiger partial charge in [-0.1, -0.05) is 12.1 Å². The molecule has 0 bridgehead atoms.